The lowest BCUT2D eigenvalue weighted by atomic mass is 9.89. The summed E-state index contributed by atoms with van der Waals surface area (Å²) in [7, 11) is 1.61. The number of hydrogen-bond acceptors (Lipinski definition) is 5. The molecule has 0 radical (unpaired) electrons. The minimum atomic E-state index is -0.567. The van der Waals surface area contributed by atoms with Crippen molar-refractivity contribution in [2.45, 2.75) is 104 Å². The van der Waals surface area contributed by atoms with Crippen LogP contribution in [0, 0.1) is 11.8 Å². The second kappa shape index (κ2) is 13.5. The molecule has 1 saturated heterocycles. The summed E-state index contributed by atoms with van der Waals surface area (Å²) >= 11 is 2.19. The van der Waals surface area contributed by atoms with Crippen LogP contribution in [0.5, 0.6) is 0 Å². The van der Waals surface area contributed by atoms with Crippen LogP contribution in [-0.4, -0.2) is 54.9 Å². The molecule has 1 fully saturated rings. The normalized spacial score (nSPS) is 27.8. The zero-order valence-corrected chi connectivity index (χ0v) is 22.3. The Balaban J connectivity index is 2.62. The van der Waals surface area contributed by atoms with Gasteiger partial charge in [0.15, 0.2) is 0 Å². The topological polar surface area (TPSA) is 60.0 Å². The highest BCUT2D eigenvalue weighted by Crippen LogP contribution is 2.29. The summed E-state index contributed by atoms with van der Waals surface area (Å²) in [5.41, 5.74) is 0.974. The van der Waals surface area contributed by atoms with E-state index in [1.165, 1.54) is 12.0 Å². The number of nitrogens with one attached hydrogen (secondary N) is 1. The molecule has 7 atom stereocenters. The third-order valence-electron chi connectivity index (χ3n) is 5.88. The summed E-state index contributed by atoms with van der Waals surface area (Å²) < 4.78 is 21.1. The number of ether oxygens (including phenoxy) is 3. The van der Waals surface area contributed by atoms with Crippen LogP contribution in [0.15, 0.2) is 23.8 Å². The predicted octanol–water partition coefficient (Wildman–Crippen LogP) is 5.22. The number of allylic oxidation sites excluding steroid dienone is 3. The number of aliphatic hydroxyl groups is 1. The Morgan fingerprint density at radius 2 is 1.97 bits per heavy atom. The number of methoxy groups -OCH3 is 1. The summed E-state index contributed by atoms with van der Waals surface area (Å²) in [6.45, 7) is 15.5. The van der Waals surface area contributed by atoms with Crippen molar-refractivity contribution in [2.24, 2.45) is 11.8 Å². The van der Waals surface area contributed by atoms with E-state index in [2.05, 4.69) is 79.2 Å². The largest absolute Gasteiger partial charge is 0.391 e. The van der Waals surface area contributed by atoms with Gasteiger partial charge in [0.1, 0.15) is 6.10 Å². The first kappa shape index (κ1) is 28.0. The molecule has 0 amide bonds. The van der Waals surface area contributed by atoms with Crippen LogP contribution in [-0.2, 0) is 14.2 Å². The van der Waals surface area contributed by atoms with Crippen molar-refractivity contribution in [1.82, 2.24) is 3.53 Å². The summed E-state index contributed by atoms with van der Waals surface area (Å²) in [4.78, 5) is 0. The lowest BCUT2D eigenvalue weighted by Crippen LogP contribution is -2.42. The van der Waals surface area contributed by atoms with Gasteiger partial charge in [-0.05, 0) is 71.3 Å². The minimum absolute atomic E-state index is 0.182. The van der Waals surface area contributed by atoms with E-state index < -0.39 is 6.10 Å². The molecular weight excluding hydrogens is 493 g/mol. The van der Waals surface area contributed by atoms with E-state index in [1.807, 2.05) is 6.92 Å². The molecular formula is C24H44INO4. The van der Waals surface area contributed by atoms with Gasteiger partial charge in [0.05, 0.1) is 30.0 Å². The lowest BCUT2D eigenvalue weighted by molar-refractivity contribution is -0.149. The molecule has 0 unspecified atom stereocenters. The van der Waals surface area contributed by atoms with Gasteiger partial charge >= 0.3 is 0 Å². The second-order valence-electron chi connectivity index (χ2n) is 9.57. The predicted molar refractivity (Wildman–Crippen MR) is 133 cm³/mol. The number of hydrogen-bond donors (Lipinski definition) is 2. The van der Waals surface area contributed by atoms with Crippen molar-refractivity contribution in [3.63, 3.8) is 0 Å². The van der Waals surface area contributed by atoms with E-state index in [-0.39, 0.29) is 23.9 Å². The van der Waals surface area contributed by atoms with Gasteiger partial charge in [-0.15, -0.1) is 0 Å². The lowest BCUT2D eigenvalue weighted by Gasteiger charge is -2.35. The zero-order chi connectivity index (χ0) is 22.9. The van der Waals surface area contributed by atoms with Gasteiger partial charge in [-0.2, -0.15) is 0 Å². The molecule has 1 heterocycles. The molecule has 5 nitrogen and oxygen atoms in total. The van der Waals surface area contributed by atoms with E-state index in [1.54, 1.807) is 14.0 Å². The Bertz CT molecular complexity index is 549. The van der Waals surface area contributed by atoms with Crippen molar-refractivity contribution in [2.75, 3.05) is 13.7 Å². The van der Waals surface area contributed by atoms with Crippen LogP contribution in [0.25, 0.3) is 0 Å². The van der Waals surface area contributed by atoms with Crippen molar-refractivity contribution in [1.29, 1.82) is 0 Å². The fourth-order valence-electron chi connectivity index (χ4n) is 4.54. The molecule has 6 heteroatoms. The van der Waals surface area contributed by atoms with Crippen LogP contribution in [0.3, 0.4) is 0 Å². The van der Waals surface area contributed by atoms with Crippen LogP contribution in [0.1, 0.15) is 67.7 Å². The summed E-state index contributed by atoms with van der Waals surface area (Å²) in [5, 5.41) is 9.87. The number of aliphatic hydroxyl groups excluding tert-OH is 1. The Hall–Kier alpha value is 0.01000. The van der Waals surface area contributed by atoms with E-state index in [0.29, 0.717) is 17.9 Å². The van der Waals surface area contributed by atoms with Gasteiger partial charge in [0, 0.05) is 36.5 Å². The third kappa shape index (κ3) is 9.65. The third-order valence-corrected chi connectivity index (χ3v) is 6.32. The fraction of sp³-hybridized carbons (Fsp3) is 0.833. The maximum atomic E-state index is 9.87. The van der Waals surface area contributed by atoms with E-state index in [4.69, 9.17) is 14.2 Å². The molecule has 0 aromatic heterocycles. The molecule has 0 aliphatic carbocycles. The molecule has 1 aliphatic rings. The molecule has 2 N–H and O–H groups in total. The first-order chi connectivity index (χ1) is 14.0. The molecule has 176 valence electrons. The Morgan fingerprint density at radius 3 is 2.53 bits per heavy atom. The quantitative estimate of drug-likeness (QED) is 0.203. The first-order valence-electron chi connectivity index (χ1n) is 11.2. The number of rotatable bonds is 12. The van der Waals surface area contributed by atoms with Crippen molar-refractivity contribution < 1.29 is 19.3 Å². The Kier molecular flexibility index (Phi) is 12.7. The highest BCUT2D eigenvalue weighted by molar-refractivity contribution is 14.1. The van der Waals surface area contributed by atoms with Crippen LogP contribution < -0.4 is 3.53 Å². The maximum Gasteiger partial charge on any atom is 0.109 e. The van der Waals surface area contributed by atoms with Crippen molar-refractivity contribution in [3.05, 3.63) is 23.8 Å². The minimum Gasteiger partial charge on any atom is -0.391 e. The fourth-order valence-corrected chi connectivity index (χ4v) is 5.03. The van der Waals surface area contributed by atoms with Crippen molar-refractivity contribution in [3.8, 4) is 0 Å². The second-order valence-corrected chi connectivity index (χ2v) is 10.3. The van der Waals surface area contributed by atoms with Gasteiger partial charge in [-0.25, -0.2) is 0 Å². The molecule has 0 aromatic carbocycles. The van der Waals surface area contributed by atoms with Crippen LogP contribution >= 0.6 is 22.9 Å². The summed E-state index contributed by atoms with van der Waals surface area (Å²) in [6.07, 6.45) is 9.22. The smallest absolute Gasteiger partial charge is 0.109 e. The zero-order valence-electron chi connectivity index (χ0n) is 20.2. The van der Waals surface area contributed by atoms with Crippen molar-refractivity contribution >= 4 is 22.9 Å². The molecule has 1 rings (SSSR count). The van der Waals surface area contributed by atoms with E-state index in [0.717, 1.165) is 19.4 Å². The molecule has 1 aliphatic heterocycles. The van der Waals surface area contributed by atoms with Gasteiger partial charge in [-0.1, -0.05) is 32.1 Å². The average molecular weight is 538 g/mol. The van der Waals surface area contributed by atoms with E-state index >= 15 is 0 Å². The molecule has 0 aromatic rings. The number of halogens is 1. The van der Waals surface area contributed by atoms with Gasteiger partial charge in [0.25, 0.3) is 0 Å². The highest BCUT2D eigenvalue weighted by atomic mass is 127. The van der Waals surface area contributed by atoms with Gasteiger partial charge in [0.2, 0.25) is 0 Å². The molecule has 0 spiro atoms. The average Bonchev–Trinajstić information content (AvgIpc) is 2.62. The molecule has 0 bridgehead atoms. The Morgan fingerprint density at radius 1 is 1.30 bits per heavy atom. The molecule has 0 saturated carbocycles. The first-order valence-corrected chi connectivity index (χ1v) is 12.3. The highest BCUT2D eigenvalue weighted by Gasteiger charge is 2.30. The van der Waals surface area contributed by atoms with Crippen LogP contribution in [0.2, 0.25) is 0 Å². The summed E-state index contributed by atoms with van der Waals surface area (Å²) in [6, 6.07) is 0. The summed E-state index contributed by atoms with van der Waals surface area (Å²) in [5.74, 6) is 0.915. The SMILES string of the molecule is CO[C@@H]([C@@H](C)O)[C@@H](C)OC(C)(C)C[C@H](C)/C=C/C=C(\C)[C@H]1O[C@@H](CNI)CC[C@@H]1C. The maximum absolute atomic E-state index is 9.87. The molecule has 30 heavy (non-hydrogen) atoms. The van der Waals surface area contributed by atoms with Gasteiger partial charge in [-0.3, -0.25) is 3.53 Å². The van der Waals surface area contributed by atoms with Crippen LogP contribution in [0.4, 0.5) is 0 Å². The van der Waals surface area contributed by atoms with E-state index in [9.17, 15) is 5.11 Å². The van der Waals surface area contributed by atoms with Gasteiger partial charge < -0.3 is 19.3 Å². The monoisotopic (exact) mass is 537 g/mol. The Labute approximate surface area is 198 Å². The standard InChI is InChI=1S/C24H44INO4/c1-16(14-24(6,7)30-20(5)23(28-8)19(4)27)10-9-11-17(2)22-18(3)12-13-21(29-22)15-26-25/h9-11,16,18-23,26-27H,12-15H2,1-8H3/b10-9+,17-11+/t16-,18+,19-,20-,21-,22-,23+/m1/s1.